The summed E-state index contributed by atoms with van der Waals surface area (Å²) >= 11 is 6.23. The maximum atomic E-state index is 17.4. The molecule has 1 heterocycles. The molecule has 0 amide bonds. The van der Waals surface area contributed by atoms with Crippen molar-refractivity contribution < 1.29 is 28.6 Å². The van der Waals surface area contributed by atoms with Gasteiger partial charge in [-0.05, 0) is 79.4 Å². The average molecular weight is 532 g/mol. The molecule has 5 aliphatic rings. The first-order chi connectivity index (χ1) is 17.4. The molecule has 3 saturated carbocycles. The van der Waals surface area contributed by atoms with E-state index in [0.717, 1.165) is 5.69 Å². The second-order valence-corrected chi connectivity index (χ2v) is 12.6. The predicted molar refractivity (Wildman–Crippen MR) is 136 cm³/mol. The molecular weight excluding hydrogens is 500 g/mol. The number of ketones is 2. The van der Waals surface area contributed by atoms with E-state index in [-0.39, 0.29) is 41.8 Å². The molecule has 0 radical (unpaired) electrons. The zero-order valence-corrected chi connectivity index (χ0v) is 21.7. The lowest BCUT2D eigenvalue weighted by Gasteiger charge is -2.63. The summed E-state index contributed by atoms with van der Waals surface area (Å²) in [5, 5.41) is 22.3. The van der Waals surface area contributed by atoms with Gasteiger partial charge in [0.15, 0.2) is 17.2 Å². The van der Waals surface area contributed by atoms with E-state index >= 15 is 8.78 Å². The lowest BCUT2D eigenvalue weighted by molar-refractivity contribution is -0.210. The number of Topliss-reactive ketones (excluding diaryl/α,β-unsaturated/α-hetero) is 1. The van der Waals surface area contributed by atoms with Gasteiger partial charge < -0.3 is 15.1 Å². The Morgan fingerprint density at radius 3 is 2.70 bits per heavy atom. The van der Waals surface area contributed by atoms with Gasteiger partial charge in [0.1, 0.15) is 12.8 Å². The highest BCUT2D eigenvalue weighted by Crippen LogP contribution is 2.74. The summed E-state index contributed by atoms with van der Waals surface area (Å²) < 4.78 is 33.1. The monoisotopic (exact) mass is 531 g/mol. The number of hydrogen-bond donors (Lipinski definition) is 2. The number of rotatable bonds is 3. The number of allylic oxidation sites excluding steroid dienone is 4. The van der Waals surface area contributed by atoms with Crippen LogP contribution >= 0.6 is 11.6 Å². The normalized spacial score (nSPS) is 46.1. The van der Waals surface area contributed by atoms with Crippen molar-refractivity contribution in [2.75, 3.05) is 24.6 Å². The molecule has 198 valence electrons. The van der Waals surface area contributed by atoms with Crippen LogP contribution < -0.4 is 4.90 Å². The molecule has 37 heavy (non-hydrogen) atoms. The van der Waals surface area contributed by atoms with Gasteiger partial charge >= 0.3 is 0 Å². The Morgan fingerprint density at radius 1 is 1.24 bits per heavy atom. The first kappa shape index (κ1) is 25.2. The third kappa shape index (κ3) is 2.97. The van der Waals surface area contributed by atoms with Crippen LogP contribution in [0.2, 0.25) is 5.02 Å². The van der Waals surface area contributed by atoms with E-state index in [2.05, 4.69) is 4.90 Å². The number of carbonyl (C=O) groups excluding carboxylic acids is 2. The molecule has 5 nitrogen and oxygen atoms in total. The Balaban J connectivity index is 1.45. The topological polar surface area (TPSA) is 77.8 Å². The molecule has 9 atom stereocenters. The minimum atomic E-state index is -2.18. The molecule has 4 fully saturated rings. The van der Waals surface area contributed by atoms with Gasteiger partial charge in [-0.2, -0.15) is 0 Å². The fourth-order valence-electron chi connectivity index (χ4n) is 9.29. The van der Waals surface area contributed by atoms with Crippen LogP contribution in [0, 0.1) is 34.0 Å². The number of nitrogens with zero attached hydrogens (tertiary/aromatic N) is 1. The molecule has 1 aliphatic heterocycles. The number of aliphatic hydroxyl groups excluding tert-OH is 2. The maximum Gasteiger partial charge on any atom is 0.178 e. The summed E-state index contributed by atoms with van der Waals surface area (Å²) in [5.41, 5.74) is -4.55. The molecule has 0 bridgehead atoms. The fourth-order valence-corrected chi connectivity index (χ4v) is 9.48. The van der Waals surface area contributed by atoms with Gasteiger partial charge in [-0.1, -0.05) is 30.7 Å². The van der Waals surface area contributed by atoms with E-state index in [4.69, 9.17) is 11.6 Å². The molecular formula is C29H32ClF2NO4. The van der Waals surface area contributed by atoms with Crippen molar-refractivity contribution in [1.82, 2.24) is 0 Å². The summed E-state index contributed by atoms with van der Waals surface area (Å²) in [6, 6.07) is 7.38. The highest BCUT2D eigenvalue weighted by atomic mass is 35.5. The number of benzene rings is 1. The third-order valence-corrected chi connectivity index (χ3v) is 11.2. The van der Waals surface area contributed by atoms with Crippen molar-refractivity contribution >= 4 is 28.9 Å². The highest BCUT2D eigenvalue weighted by Gasteiger charge is 2.78. The van der Waals surface area contributed by atoms with Gasteiger partial charge in [0, 0.05) is 35.1 Å². The highest BCUT2D eigenvalue weighted by molar-refractivity contribution is 6.30. The van der Waals surface area contributed by atoms with E-state index in [1.165, 1.54) is 18.2 Å². The lowest BCUT2D eigenvalue weighted by Crippen LogP contribution is -2.69. The zero-order chi connectivity index (χ0) is 26.5. The van der Waals surface area contributed by atoms with E-state index in [0.29, 0.717) is 24.5 Å². The minimum Gasteiger partial charge on any atom is -0.390 e. The molecule has 8 heteroatoms. The Morgan fingerprint density at radius 2 is 2.00 bits per heavy atom. The lowest BCUT2D eigenvalue weighted by atomic mass is 9.43. The SMILES string of the molecule is C[C@]12C=CC(=O)C=C1[C@@H](F)C[C@H]1[C@@H]3C[C@H]4CN(c5cccc(Cl)c5)C[C@]4(C(=O)CO)[C@@]3(C)C[C@H](O)[C@@]12F. The third-order valence-electron chi connectivity index (χ3n) is 11.0. The number of alkyl halides is 2. The van der Waals surface area contributed by atoms with Crippen molar-refractivity contribution in [2.45, 2.75) is 51.1 Å². The van der Waals surface area contributed by atoms with Gasteiger partial charge in [-0.3, -0.25) is 9.59 Å². The van der Waals surface area contributed by atoms with E-state index in [1.54, 1.807) is 13.0 Å². The van der Waals surface area contributed by atoms with Crippen LogP contribution in [0.3, 0.4) is 0 Å². The van der Waals surface area contributed by atoms with Crippen molar-refractivity contribution in [2.24, 2.45) is 34.0 Å². The molecule has 0 spiro atoms. The van der Waals surface area contributed by atoms with Crippen molar-refractivity contribution in [3.8, 4) is 0 Å². The van der Waals surface area contributed by atoms with Crippen LogP contribution in [0.15, 0.2) is 48.1 Å². The molecule has 1 aromatic carbocycles. The predicted octanol–water partition coefficient (Wildman–Crippen LogP) is 4.25. The Labute approximate surface area is 220 Å². The largest absolute Gasteiger partial charge is 0.390 e. The van der Waals surface area contributed by atoms with Crippen molar-refractivity contribution in [3.63, 3.8) is 0 Å². The van der Waals surface area contributed by atoms with Crippen LogP contribution in [-0.4, -0.2) is 59.4 Å². The summed E-state index contributed by atoms with van der Waals surface area (Å²) in [7, 11) is 0. The van der Waals surface area contributed by atoms with Crippen molar-refractivity contribution in [3.05, 3.63) is 53.1 Å². The zero-order valence-electron chi connectivity index (χ0n) is 21.0. The number of carbonyl (C=O) groups is 2. The number of hydrogen-bond acceptors (Lipinski definition) is 5. The van der Waals surface area contributed by atoms with Crippen molar-refractivity contribution in [1.29, 1.82) is 0 Å². The number of anilines is 1. The molecule has 0 unspecified atom stereocenters. The Bertz CT molecular complexity index is 1250. The molecule has 0 aromatic heterocycles. The van der Waals surface area contributed by atoms with Gasteiger partial charge in [-0.15, -0.1) is 0 Å². The number of halogens is 3. The summed E-state index contributed by atoms with van der Waals surface area (Å²) in [5.74, 6) is -2.10. The first-order valence-electron chi connectivity index (χ1n) is 13.0. The Kier molecular flexibility index (Phi) is 5.42. The van der Waals surface area contributed by atoms with E-state index < -0.39 is 46.7 Å². The second kappa shape index (κ2) is 7.96. The van der Waals surface area contributed by atoms with Crippen LogP contribution in [0.4, 0.5) is 14.5 Å². The smallest absolute Gasteiger partial charge is 0.178 e. The van der Waals surface area contributed by atoms with Crippen LogP contribution in [0.5, 0.6) is 0 Å². The molecule has 1 aromatic rings. The Hall–Kier alpha value is -2.09. The van der Waals surface area contributed by atoms with Gasteiger partial charge in [0.2, 0.25) is 0 Å². The van der Waals surface area contributed by atoms with Gasteiger partial charge in [-0.25, -0.2) is 8.78 Å². The molecule has 4 aliphatic carbocycles. The second-order valence-electron chi connectivity index (χ2n) is 12.2. The standard InChI is InChI=1S/C29H32ClF2NO4/c1-26-7-6-19(35)10-22(26)23(31)11-21-20-8-16-13-33(18-5-3-4-17(30)9-18)15-28(16,25(37)14-34)27(20,2)12-24(36)29(21,26)32/h3-7,9-10,16,20-21,23-24,34,36H,8,11-15H2,1-2H3/t16-,20-,21-,23-,24-,26-,27-,28-,29-/m0/s1. The van der Waals surface area contributed by atoms with Crippen LogP contribution in [0.1, 0.15) is 33.1 Å². The molecule has 6 rings (SSSR count). The number of aliphatic hydroxyl groups is 2. The number of fused-ring (bicyclic) bond motifs is 7. The minimum absolute atomic E-state index is 0.0118. The summed E-state index contributed by atoms with van der Waals surface area (Å²) in [6.07, 6.45) is 1.25. The van der Waals surface area contributed by atoms with Crippen LogP contribution in [0.25, 0.3) is 0 Å². The van der Waals surface area contributed by atoms with Gasteiger partial charge in [0.05, 0.1) is 11.5 Å². The van der Waals surface area contributed by atoms with E-state index in [9.17, 15) is 19.8 Å². The molecule has 1 saturated heterocycles. The van der Waals surface area contributed by atoms with Crippen LogP contribution in [-0.2, 0) is 9.59 Å². The maximum absolute atomic E-state index is 17.4. The quantitative estimate of drug-likeness (QED) is 0.609. The summed E-state index contributed by atoms with van der Waals surface area (Å²) in [6.45, 7) is 3.70. The van der Waals surface area contributed by atoms with Gasteiger partial charge in [0.25, 0.3) is 0 Å². The first-order valence-corrected chi connectivity index (χ1v) is 13.4. The molecule has 2 N–H and O–H groups in total. The van der Waals surface area contributed by atoms with E-state index in [1.807, 2.05) is 25.1 Å². The fraction of sp³-hybridized carbons (Fsp3) is 0.586. The average Bonchev–Trinajstić information content (AvgIpc) is 3.35. The summed E-state index contributed by atoms with van der Waals surface area (Å²) in [4.78, 5) is 27.8.